The van der Waals surface area contributed by atoms with Crippen LogP contribution in [-0.2, 0) is 6.54 Å². The molecule has 4 nitrogen and oxygen atoms in total. The number of Topliss-reactive ketones (excluding diaryl/α,β-unsaturated/α-hetero) is 1. The van der Waals surface area contributed by atoms with E-state index in [4.69, 9.17) is 4.74 Å². The van der Waals surface area contributed by atoms with Gasteiger partial charge in [-0.05, 0) is 46.0 Å². The van der Waals surface area contributed by atoms with Crippen LogP contribution in [-0.4, -0.2) is 42.1 Å². The van der Waals surface area contributed by atoms with Gasteiger partial charge in [0.1, 0.15) is 5.75 Å². The molecule has 1 N–H and O–H groups in total. The number of rotatable bonds is 7. The average molecular weight is 265 g/mol. The van der Waals surface area contributed by atoms with E-state index < -0.39 is 0 Å². The Kier molecular flexibility index (Phi) is 5.99. The van der Waals surface area contributed by atoms with Crippen molar-refractivity contribution in [1.82, 2.24) is 4.90 Å². The third-order valence-electron chi connectivity index (χ3n) is 3.20. The molecule has 1 rings (SSSR count). The molecule has 0 aliphatic heterocycles. The lowest BCUT2D eigenvalue weighted by Crippen LogP contribution is -2.31. The van der Waals surface area contributed by atoms with Gasteiger partial charge in [-0.15, -0.1) is 0 Å². The third kappa shape index (κ3) is 4.33. The summed E-state index contributed by atoms with van der Waals surface area (Å²) in [6.45, 7) is 6.77. The molecule has 0 saturated heterocycles. The largest absolute Gasteiger partial charge is 0.494 e. The molecule has 0 saturated carbocycles. The van der Waals surface area contributed by atoms with Gasteiger partial charge in [0.05, 0.1) is 13.2 Å². The number of nitrogens with zero attached hydrogens (tertiary/aromatic N) is 1. The number of ether oxygens (including phenoxy) is 1. The molecule has 4 heteroatoms. The molecule has 0 aromatic heterocycles. The SMILES string of the molecule is CCOc1ccc(C(C)=O)cc1CN(C)C(C)CO. The van der Waals surface area contributed by atoms with Crippen LogP contribution in [0.1, 0.15) is 36.7 Å². The van der Waals surface area contributed by atoms with Crippen molar-refractivity contribution in [3.05, 3.63) is 29.3 Å². The minimum Gasteiger partial charge on any atom is -0.494 e. The van der Waals surface area contributed by atoms with Crippen molar-refractivity contribution in [1.29, 1.82) is 0 Å². The fraction of sp³-hybridized carbons (Fsp3) is 0.533. The van der Waals surface area contributed by atoms with Gasteiger partial charge in [-0.3, -0.25) is 9.69 Å². The van der Waals surface area contributed by atoms with Gasteiger partial charge in [-0.1, -0.05) is 0 Å². The zero-order valence-electron chi connectivity index (χ0n) is 12.1. The van der Waals surface area contributed by atoms with E-state index in [2.05, 4.69) is 0 Å². The van der Waals surface area contributed by atoms with Crippen LogP contribution in [0.4, 0.5) is 0 Å². The van der Waals surface area contributed by atoms with E-state index in [9.17, 15) is 9.90 Å². The fourth-order valence-electron chi connectivity index (χ4n) is 1.78. The summed E-state index contributed by atoms with van der Waals surface area (Å²) in [5.74, 6) is 0.839. The molecule has 106 valence electrons. The highest BCUT2D eigenvalue weighted by atomic mass is 16.5. The molecule has 1 aromatic rings. The Morgan fingerprint density at radius 2 is 2.16 bits per heavy atom. The lowest BCUT2D eigenvalue weighted by atomic mass is 10.1. The highest BCUT2D eigenvalue weighted by molar-refractivity contribution is 5.94. The highest BCUT2D eigenvalue weighted by Crippen LogP contribution is 2.22. The van der Waals surface area contributed by atoms with Crippen molar-refractivity contribution in [2.75, 3.05) is 20.3 Å². The molecule has 0 spiro atoms. The molecule has 0 heterocycles. The number of likely N-dealkylation sites (N-methyl/N-ethyl adjacent to an activating group) is 1. The molecule has 0 radical (unpaired) electrons. The summed E-state index contributed by atoms with van der Waals surface area (Å²) >= 11 is 0. The number of aliphatic hydroxyl groups excluding tert-OH is 1. The number of benzene rings is 1. The summed E-state index contributed by atoms with van der Waals surface area (Å²) in [7, 11) is 1.94. The predicted molar refractivity (Wildman–Crippen MR) is 75.6 cm³/mol. The second kappa shape index (κ2) is 7.26. The topological polar surface area (TPSA) is 49.8 Å². The Morgan fingerprint density at radius 3 is 2.68 bits per heavy atom. The van der Waals surface area contributed by atoms with E-state index in [1.165, 1.54) is 0 Å². The average Bonchev–Trinajstić information content (AvgIpc) is 2.39. The van der Waals surface area contributed by atoms with Crippen LogP contribution < -0.4 is 4.74 Å². The van der Waals surface area contributed by atoms with E-state index >= 15 is 0 Å². The smallest absolute Gasteiger partial charge is 0.159 e. The first kappa shape index (κ1) is 15.7. The summed E-state index contributed by atoms with van der Waals surface area (Å²) in [6.07, 6.45) is 0. The number of aliphatic hydroxyl groups is 1. The molecule has 0 aliphatic carbocycles. The van der Waals surface area contributed by atoms with Crippen LogP contribution in [0, 0.1) is 0 Å². The molecule has 0 aliphatic rings. The molecule has 0 bridgehead atoms. The third-order valence-corrected chi connectivity index (χ3v) is 3.20. The summed E-state index contributed by atoms with van der Waals surface area (Å²) in [5, 5.41) is 9.17. The first-order valence-electron chi connectivity index (χ1n) is 6.57. The Morgan fingerprint density at radius 1 is 1.47 bits per heavy atom. The predicted octanol–water partition coefficient (Wildman–Crippen LogP) is 2.10. The summed E-state index contributed by atoms with van der Waals surface area (Å²) < 4.78 is 5.59. The van der Waals surface area contributed by atoms with E-state index in [-0.39, 0.29) is 18.4 Å². The molecule has 19 heavy (non-hydrogen) atoms. The molecular formula is C15H23NO3. The van der Waals surface area contributed by atoms with Crippen molar-refractivity contribution >= 4 is 5.78 Å². The van der Waals surface area contributed by atoms with Gasteiger partial charge < -0.3 is 9.84 Å². The first-order valence-corrected chi connectivity index (χ1v) is 6.57. The molecule has 1 unspecified atom stereocenters. The lowest BCUT2D eigenvalue weighted by molar-refractivity contribution is 0.101. The molecule has 1 aromatic carbocycles. The molecular weight excluding hydrogens is 242 g/mol. The summed E-state index contributed by atoms with van der Waals surface area (Å²) in [4.78, 5) is 13.5. The number of hydrogen-bond donors (Lipinski definition) is 1. The number of carbonyl (C=O) groups excluding carboxylic acids is 1. The van der Waals surface area contributed by atoms with Gasteiger partial charge in [0.15, 0.2) is 5.78 Å². The Labute approximate surface area is 115 Å². The molecule has 1 atom stereocenters. The van der Waals surface area contributed by atoms with Crippen LogP contribution in [0.5, 0.6) is 5.75 Å². The number of ketones is 1. The van der Waals surface area contributed by atoms with Gasteiger partial charge >= 0.3 is 0 Å². The maximum absolute atomic E-state index is 11.4. The maximum Gasteiger partial charge on any atom is 0.159 e. The quantitative estimate of drug-likeness (QED) is 0.767. The minimum absolute atomic E-state index is 0.0437. The molecule has 0 amide bonds. The van der Waals surface area contributed by atoms with Gasteiger partial charge in [0.2, 0.25) is 0 Å². The number of carbonyl (C=O) groups is 1. The van der Waals surface area contributed by atoms with Crippen LogP contribution in [0.15, 0.2) is 18.2 Å². The van der Waals surface area contributed by atoms with Crippen LogP contribution in [0.2, 0.25) is 0 Å². The van der Waals surface area contributed by atoms with E-state index in [0.29, 0.717) is 18.7 Å². The number of hydrogen-bond acceptors (Lipinski definition) is 4. The Hall–Kier alpha value is -1.39. The lowest BCUT2D eigenvalue weighted by Gasteiger charge is -2.24. The van der Waals surface area contributed by atoms with Crippen molar-refractivity contribution < 1.29 is 14.6 Å². The summed E-state index contributed by atoms with van der Waals surface area (Å²) in [5.41, 5.74) is 1.65. The highest BCUT2D eigenvalue weighted by Gasteiger charge is 2.13. The Bertz CT molecular complexity index is 431. The fourth-order valence-corrected chi connectivity index (χ4v) is 1.78. The zero-order valence-corrected chi connectivity index (χ0v) is 12.1. The second-order valence-corrected chi connectivity index (χ2v) is 4.76. The standard InChI is InChI=1S/C15H23NO3/c1-5-19-15-7-6-13(12(3)18)8-14(15)9-16(4)11(2)10-17/h6-8,11,17H,5,9-10H2,1-4H3. The van der Waals surface area contributed by atoms with Crippen molar-refractivity contribution in [2.24, 2.45) is 0 Å². The normalized spacial score (nSPS) is 12.5. The molecule has 0 fully saturated rings. The van der Waals surface area contributed by atoms with Gasteiger partial charge in [-0.2, -0.15) is 0 Å². The van der Waals surface area contributed by atoms with Crippen molar-refractivity contribution in [3.8, 4) is 5.75 Å². The van der Waals surface area contributed by atoms with Crippen molar-refractivity contribution in [2.45, 2.75) is 33.4 Å². The van der Waals surface area contributed by atoms with Gasteiger partial charge in [0, 0.05) is 23.7 Å². The van der Waals surface area contributed by atoms with Gasteiger partial charge in [0.25, 0.3) is 0 Å². The van der Waals surface area contributed by atoms with E-state index in [1.54, 1.807) is 13.0 Å². The van der Waals surface area contributed by atoms with E-state index in [0.717, 1.165) is 11.3 Å². The summed E-state index contributed by atoms with van der Waals surface area (Å²) in [6, 6.07) is 5.56. The first-order chi connectivity index (χ1) is 8.99. The second-order valence-electron chi connectivity index (χ2n) is 4.76. The zero-order chi connectivity index (χ0) is 14.4. The minimum atomic E-state index is 0.0437. The maximum atomic E-state index is 11.4. The van der Waals surface area contributed by atoms with Crippen molar-refractivity contribution in [3.63, 3.8) is 0 Å². The van der Waals surface area contributed by atoms with Crippen LogP contribution in [0.25, 0.3) is 0 Å². The van der Waals surface area contributed by atoms with E-state index in [1.807, 2.05) is 37.9 Å². The van der Waals surface area contributed by atoms with Crippen LogP contribution >= 0.6 is 0 Å². The van der Waals surface area contributed by atoms with Crippen LogP contribution in [0.3, 0.4) is 0 Å². The van der Waals surface area contributed by atoms with Gasteiger partial charge in [-0.25, -0.2) is 0 Å². The monoisotopic (exact) mass is 265 g/mol. The Balaban J connectivity index is 2.99.